The first kappa shape index (κ1) is 26.2. The molecule has 0 spiro atoms. The van der Waals surface area contributed by atoms with Crippen LogP contribution in [-0.4, -0.2) is 52.8 Å². The summed E-state index contributed by atoms with van der Waals surface area (Å²) < 4.78 is 13.1. The average molecular weight is 504 g/mol. The summed E-state index contributed by atoms with van der Waals surface area (Å²) in [5.74, 6) is 1.66. The minimum Gasteiger partial charge on any atom is -0.497 e. The van der Waals surface area contributed by atoms with Crippen molar-refractivity contribution in [1.82, 2.24) is 20.2 Å². The maximum atomic E-state index is 12.9. The Labute approximate surface area is 217 Å². The zero-order chi connectivity index (χ0) is 26.6. The summed E-state index contributed by atoms with van der Waals surface area (Å²) >= 11 is 0. The van der Waals surface area contributed by atoms with Gasteiger partial charge in [-0.2, -0.15) is 5.48 Å². The van der Waals surface area contributed by atoms with Gasteiger partial charge in [0, 0.05) is 17.7 Å². The van der Waals surface area contributed by atoms with Gasteiger partial charge in [-0.15, -0.1) is 10.2 Å². The van der Waals surface area contributed by atoms with Crippen LogP contribution in [0.2, 0.25) is 0 Å². The second-order valence-electron chi connectivity index (χ2n) is 9.68. The third kappa shape index (κ3) is 6.12. The first-order chi connectivity index (χ1) is 17.7. The van der Waals surface area contributed by atoms with E-state index in [-0.39, 0.29) is 12.4 Å². The summed E-state index contributed by atoms with van der Waals surface area (Å²) in [7, 11) is 3.22. The Morgan fingerprint density at radius 1 is 1.11 bits per heavy atom. The third-order valence-corrected chi connectivity index (χ3v) is 5.75. The van der Waals surface area contributed by atoms with Crippen LogP contribution in [0.4, 0.5) is 0 Å². The number of hydrogen-bond donors (Lipinski definition) is 1. The van der Waals surface area contributed by atoms with Gasteiger partial charge in [-0.05, 0) is 51.5 Å². The van der Waals surface area contributed by atoms with Gasteiger partial charge in [0.15, 0.2) is 5.82 Å². The monoisotopic (exact) mass is 503 g/mol. The van der Waals surface area contributed by atoms with Crippen LogP contribution in [-0.2, 0) is 14.4 Å². The molecule has 0 amide bonds. The Bertz CT molecular complexity index is 1320. The largest absolute Gasteiger partial charge is 0.497 e. The molecule has 4 rings (SSSR count). The molecular formula is C28H33N5O4. The zero-order valence-electron chi connectivity index (χ0n) is 22.1. The Balaban J connectivity index is 1.81. The molecule has 9 heteroatoms. The second kappa shape index (κ2) is 11.1. The van der Waals surface area contributed by atoms with Crippen LogP contribution in [0, 0.1) is 6.92 Å². The molecule has 2 aromatic carbocycles. The predicted octanol–water partition coefficient (Wildman–Crippen LogP) is 4.37. The minimum atomic E-state index is -0.601. The van der Waals surface area contributed by atoms with Crippen LogP contribution >= 0.6 is 0 Å². The number of carbonyl (C=O) groups is 1. The molecule has 0 bridgehead atoms. The van der Waals surface area contributed by atoms with E-state index < -0.39 is 11.6 Å². The van der Waals surface area contributed by atoms with Crippen LogP contribution in [0.1, 0.15) is 61.6 Å². The average Bonchev–Trinajstić information content (AvgIpc) is 3.18. The number of fused-ring (bicyclic) bond motifs is 3. The van der Waals surface area contributed by atoms with Crippen LogP contribution in [0.15, 0.2) is 53.5 Å². The molecule has 0 radical (unpaired) electrons. The lowest BCUT2D eigenvalue weighted by molar-refractivity contribution is -0.155. The van der Waals surface area contributed by atoms with E-state index in [0.29, 0.717) is 23.9 Å². The molecule has 0 saturated carbocycles. The van der Waals surface area contributed by atoms with Crippen LogP contribution in [0.5, 0.6) is 5.75 Å². The van der Waals surface area contributed by atoms with Crippen LogP contribution in [0.3, 0.4) is 0 Å². The number of aliphatic imine (C=N–C) groups is 1. The van der Waals surface area contributed by atoms with Crippen molar-refractivity contribution in [3.63, 3.8) is 0 Å². The van der Waals surface area contributed by atoms with Gasteiger partial charge in [-0.1, -0.05) is 36.4 Å². The van der Waals surface area contributed by atoms with Crippen molar-refractivity contribution in [3.8, 4) is 11.4 Å². The summed E-state index contributed by atoms with van der Waals surface area (Å²) in [5.41, 5.74) is 6.61. The number of nitrogens with one attached hydrogen (secondary N) is 1. The summed E-state index contributed by atoms with van der Waals surface area (Å²) in [5, 5.41) is 8.72. The normalized spacial score (nSPS) is 15.1. The number of ether oxygens (including phenoxy) is 2. The van der Waals surface area contributed by atoms with Crippen LogP contribution < -0.4 is 10.2 Å². The van der Waals surface area contributed by atoms with Crippen molar-refractivity contribution in [2.24, 2.45) is 4.99 Å². The Morgan fingerprint density at radius 2 is 1.86 bits per heavy atom. The smallest absolute Gasteiger partial charge is 0.308 e. The van der Waals surface area contributed by atoms with Gasteiger partial charge in [-0.25, -0.2) is 0 Å². The molecule has 1 aliphatic rings. The zero-order valence-corrected chi connectivity index (χ0v) is 22.1. The second-order valence-corrected chi connectivity index (χ2v) is 9.68. The minimum absolute atomic E-state index is 0.0390. The third-order valence-electron chi connectivity index (χ3n) is 5.75. The maximum Gasteiger partial charge on any atom is 0.308 e. The molecule has 3 aromatic rings. The van der Waals surface area contributed by atoms with Crippen molar-refractivity contribution in [2.45, 2.75) is 45.8 Å². The van der Waals surface area contributed by atoms with Crippen molar-refractivity contribution in [1.29, 1.82) is 0 Å². The number of aromatic nitrogens is 3. The predicted molar refractivity (Wildman–Crippen MR) is 142 cm³/mol. The van der Waals surface area contributed by atoms with E-state index >= 15 is 0 Å². The van der Waals surface area contributed by atoms with E-state index in [9.17, 15) is 4.79 Å². The highest BCUT2D eigenvalue weighted by atomic mass is 16.6. The number of benzene rings is 2. The van der Waals surface area contributed by atoms with E-state index in [1.807, 2.05) is 86.9 Å². The Hall–Kier alpha value is -3.82. The van der Waals surface area contributed by atoms with Gasteiger partial charge >= 0.3 is 5.97 Å². The van der Waals surface area contributed by atoms with Crippen molar-refractivity contribution in [2.75, 3.05) is 20.8 Å². The van der Waals surface area contributed by atoms with E-state index in [1.54, 1.807) is 14.2 Å². The molecule has 1 atom stereocenters. The molecule has 0 unspecified atom stereocenters. The van der Waals surface area contributed by atoms with E-state index in [2.05, 4.69) is 15.7 Å². The number of carbonyl (C=O) groups excluding carboxylic acids is 1. The Kier molecular flexibility index (Phi) is 7.85. The van der Waals surface area contributed by atoms with E-state index in [4.69, 9.17) is 19.3 Å². The SMILES string of the molecule is CONC/C=C/c1ccc(C2=N[C@@H](CC(=O)OC(C)(C)C)c3nnc(C)n3-c3ccc(OC)cc32)cc1. The molecule has 1 N–H and O–H groups in total. The van der Waals surface area contributed by atoms with Crippen LogP contribution in [0.25, 0.3) is 11.8 Å². The fraction of sp³-hybridized carbons (Fsp3) is 0.357. The fourth-order valence-electron chi connectivity index (χ4n) is 4.19. The fourth-order valence-corrected chi connectivity index (χ4v) is 4.19. The number of methoxy groups -OCH3 is 1. The van der Waals surface area contributed by atoms with Gasteiger partial charge in [-0.3, -0.25) is 14.4 Å². The highest BCUT2D eigenvalue weighted by Crippen LogP contribution is 2.34. The van der Waals surface area contributed by atoms with Crippen molar-refractivity contribution >= 4 is 17.8 Å². The molecule has 2 heterocycles. The molecule has 1 aromatic heterocycles. The molecule has 1 aliphatic heterocycles. The van der Waals surface area contributed by atoms with Crippen molar-refractivity contribution < 1.29 is 19.1 Å². The number of hydroxylamine groups is 1. The van der Waals surface area contributed by atoms with Crippen molar-refractivity contribution in [3.05, 3.63) is 76.9 Å². The topological polar surface area (TPSA) is 99.9 Å². The molecule has 0 fully saturated rings. The van der Waals surface area contributed by atoms with Gasteiger partial charge in [0.2, 0.25) is 0 Å². The maximum absolute atomic E-state index is 12.9. The number of nitrogens with zero attached hydrogens (tertiary/aromatic N) is 4. The van der Waals surface area contributed by atoms with Gasteiger partial charge in [0.05, 0.1) is 32.0 Å². The van der Waals surface area contributed by atoms with Gasteiger partial charge < -0.3 is 14.3 Å². The quantitative estimate of drug-likeness (QED) is 0.277. The summed E-state index contributed by atoms with van der Waals surface area (Å²) in [6.07, 6.45) is 4.03. The van der Waals surface area contributed by atoms with E-state index in [0.717, 1.165) is 28.1 Å². The number of hydrogen-bond acceptors (Lipinski definition) is 8. The number of rotatable bonds is 8. The molecule has 37 heavy (non-hydrogen) atoms. The molecular weight excluding hydrogens is 470 g/mol. The summed E-state index contributed by atoms with van der Waals surface area (Å²) in [4.78, 5) is 22.8. The summed E-state index contributed by atoms with van der Waals surface area (Å²) in [6, 6.07) is 13.3. The highest BCUT2D eigenvalue weighted by Gasteiger charge is 2.31. The number of aryl methyl sites for hydroxylation is 1. The Morgan fingerprint density at radius 3 is 2.54 bits per heavy atom. The molecule has 0 saturated heterocycles. The van der Waals surface area contributed by atoms with Gasteiger partial charge in [0.1, 0.15) is 23.2 Å². The lowest BCUT2D eigenvalue weighted by atomic mass is 9.98. The highest BCUT2D eigenvalue weighted by molar-refractivity contribution is 6.15. The first-order valence-corrected chi connectivity index (χ1v) is 12.1. The van der Waals surface area contributed by atoms with Gasteiger partial charge in [0.25, 0.3) is 0 Å². The molecule has 9 nitrogen and oxygen atoms in total. The summed E-state index contributed by atoms with van der Waals surface area (Å²) in [6.45, 7) is 8.04. The van der Waals surface area contributed by atoms with E-state index in [1.165, 1.54) is 0 Å². The number of esters is 1. The molecule has 0 aliphatic carbocycles. The standard InChI is InChI=1S/C28H33N5O4/c1-18-31-32-27-23(17-25(34)37-28(2,3)4)30-26(22-16-21(35-5)13-14-24(22)33(18)27)20-11-9-19(10-12-20)8-7-15-29-36-6/h7-14,16,23,29H,15,17H2,1-6H3/b8-7+/t23-/m0/s1. The molecule has 194 valence electrons. The lowest BCUT2D eigenvalue weighted by Gasteiger charge is -2.20. The first-order valence-electron chi connectivity index (χ1n) is 12.1. The lowest BCUT2D eigenvalue weighted by Crippen LogP contribution is -2.25.